The molecule has 0 saturated carbocycles. The highest BCUT2D eigenvalue weighted by atomic mass is 16.5. The summed E-state index contributed by atoms with van der Waals surface area (Å²) in [5.41, 5.74) is 6.65. The fourth-order valence-corrected chi connectivity index (χ4v) is 0.929. The Kier molecular flexibility index (Phi) is 2.69. The lowest BCUT2D eigenvalue weighted by molar-refractivity contribution is 0.112. The van der Waals surface area contributed by atoms with Crippen LogP contribution in [-0.4, -0.2) is 12.9 Å². The van der Waals surface area contributed by atoms with E-state index >= 15 is 0 Å². The van der Waals surface area contributed by atoms with Crippen molar-refractivity contribution in [2.75, 3.05) is 12.3 Å². The lowest BCUT2D eigenvalue weighted by atomic mass is 10.2. The van der Waals surface area contributed by atoms with Gasteiger partial charge >= 0.3 is 0 Å². The lowest BCUT2D eigenvalue weighted by Gasteiger charge is -2.05. The molecule has 1 rings (SSSR count). The van der Waals surface area contributed by atoms with E-state index in [1.807, 2.05) is 6.92 Å². The number of hydrogen-bond acceptors (Lipinski definition) is 3. The van der Waals surface area contributed by atoms with Crippen LogP contribution in [0.1, 0.15) is 17.3 Å². The third kappa shape index (κ3) is 1.75. The molecule has 0 amide bonds. The van der Waals surface area contributed by atoms with Crippen LogP contribution in [0.2, 0.25) is 0 Å². The van der Waals surface area contributed by atoms with Gasteiger partial charge in [-0.3, -0.25) is 4.79 Å². The van der Waals surface area contributed by atoms with E-state index in [2.05, 4.69) is 0 Å². The fourth-order valence-electron chi connectivity index (χ4n) is 0.929. The van der Waals surface area contributed by atoms with Gasteiger partial charge in [-0.2, -0.15) is 0 Å². The fraction of sp³-hybridized carbons (Fsp3) is 0.222. The summed E-state index contributed by atoms with van der Waals surface area (Å²) in [6.07, 6.45) is 0.754. The summed E-state index contributed by atoms with van der Waals surface area (Å²) in [6.45, 7) is 2.39. The van der Waals surface area contributed by atoms with Gasteiger partial charge in [0.2, 0.25) is 0 Å². The molecule has 0 radical (unpaired) electrons. The Balaban J connectivity index is 3.03. The van der Waals surface area contributed by atoms with Gasteiger partial charge in [0.15, 0.2) is 6.29 Å². The van der Waals surface area contributed by atoms with Gasteiger partial charge in [-0.15, -0.1) is 0 Å². The second-order valence-corrected chi connectivity index (χ2v) is 2.35. The second-order valence-electron chi connectivity index (χ2n) is 2.35. The first-order valence-electron chi connectivity index (χ1n) is 3.75. The summed E-state index contributed by atoms with van der Waals surface area (Å²) in [5.74, 6) is 0.549. The molecule has 0 heterocycles. The minimum Gasteiger partial charge on any atom is -0.493 e. The van der Waals surface area contributed by atoms with E-state index in [1.165, 1.54) is 0 Å². The summed E-state index contributed by atoms with van der Waals surface area (Å²) in [4.78, 5) is 10.5. The number of rotatable bonds is 3. The van der Waals surface area contributed by atoms with Crippen LogP contribution in [0, 0.1) is 0 Å². The molecule has 0 aliphatic heterocycles. The zero-order chi connectivity index (χ0) is 8.97. The Morgan fingerprint density at radius 2 is 2.33 bits per heavy atom. The molecule has 0 saturated heterocycles. The van der Waals surface area contributed by atoms with Gasteiger partial charge in [0.25, 0.3) is 0 Å². The molecule has 0 atom stereocenters. The van der Waals surface area contributed by atoms with Crippen LogP contribution >= 0.6 is 0 Å². The lowest BCUT2D eigenvalue weighted by Crippen LogP contribution is -1.97. The van der Waals surface area contributed by atoms with Gasteiger partial charge in [0, 0.05) is 11.8 Å². The molecule has 64 valence electrons. The van der Waals surface area contributed by atoms with Crippen molar-refractivity contribution in [3.05, 3.63) is 23.8 Å². The first-order valence-corrected chi connectivity index (χ1v) is 3.75. The third-order valence-electron chi connectivity index (χ3n) is 1.46. The zero-order valence-corrected chi connectivity index (χ0v) is 6.91. The van der Waals surface area contributed by atoms with Crippen molar-refractivity contribution in [1.29, 1.82) is 0 Å². The summed E-state index contributed by atoms with van der Waals surface area (Å²) in [6, 6.07) is 4.97. The second kappa shape index (κ2) is 3.76. The molecule has 3 heteroatoms. The van der Waals surface area contributed by atoms with E-state index < -0.39 is 0 Å². The molecule has 1 aromatic rings. The van der Waals surface area contributed by atoms with Crippen LogP contribution in [0.5, 0.6) is 5.75 Å². The summed E-state index contributed by atoms with van der Waals surface area (Å²) in [5, 5.41) is 0. The number of nitrogen functional groups attached to an aromatic ring is 1. The molecule has 1 aromatic carbocycles. The maximum atomic E-state index is 10.5. The third-order valence-corrected chi connectivity index (χ3v) is 1.46. The highest BCUT2D eigenvalue weighted by molar-refractivity contribution is 5.80. The molecule has 0 aromatic heterocycles. The number of hydrogen-bond donors (Lipinski definition) is 1. The molecule has 2 N–H and O–H groups in total. The van der Waals surface area contributed by atoms with Gasteiger partial charge in [0.1, 0.15) is 5.75 Å². The minimum absolute atomic E-state index is 0.532. The van der Waals surface area contributed by atoms with E-state index in [0.29, 0.717) is 23.6 Å². The minimum atomic E-state index is 0.532. The standard InChI is InChI=1S/C9H11NO2/c1-2-12-9-5-8(10)4-3-7(9)6-11/h3-6H,2,10H2,1H3. The number of benzene rings is 1. The van der Waals surface area contributed by atoms with Crippen molar-refractivity contribution < 1.29 is 9.53 Å². The summed E-state index contributed by atoms with van der Waals surface area (Å²) < 4.78 is 5.20. The Morgan fingerprint density at radius 1 is 1.58 bits per heavy atom. The number of aldehydes is 1. The van der Waals surface area contributed by atoms with Gasteiger partial charge in [0.05, 0.1) is 12.2 Å². The van der Waals surface area contributed by atoms with Crippen molar-refractivity contribution in [1.82, 2.24) is 0 Å². The Morgan fingerprint density at radius 3 is 2.92 bits per heavy atom. The Bertz CT molecular complexity index is 284. The zero-order valence-electron chi connectivity index (χ0n) is 6.91. The predicted molar refractivity (Wildman–Crippen MR) is 47.4 cm³/mol. The Hall–Kier alpha value is -1.51. The van der Waals surface area contributed by atoms with Crippen LogP contribution in [-0.2, 0) is 0 Å². The molecule has 0 fully saturated rings. The largest absolute Gasteiger partial charge is 0.493 e. The highest BCUT2D eigenvalue weighted by Crippen LogP contribution is 2.19. The van der Waals surface area contributed by atoms with Crippen LogP contribution in [0.25, 0.3) is 0 Å². The monoisotopic (exact) mass is 165 g/mol. The first kappa shape index (κ1) is 8.59. The van der Waals surface area contributed by atoms with Gasteiger partial charge in [-0.05, 0) is 19.1 Å². The van der Waals surface area contributed by atoms with E-state index in [-0.39, 0.29) is 0 Å². The molecule has 3 nitrogen and oxygen atoms in total. The average Bonchev–Trinajstić information content (AvgIpc) is 2.05. The van der Waals surface area contributed by atoms with Crippen LogP contribution in [0.4, 0.5) is 5.69 Å². The highest BCUT2D eigenvalue weighted by Gasteiger charge is 2.01. The van der Waals surface area contributed by atoms with Crippen LogP contribution in [0.3, 0.4) is 0 Å². The maximum Gasteiger partial charge on any atom is 0.153 e. The normalized spacial score (nSPS) is 9.42. The van der Waals surface area contributed by atoms with Gasteiger partial charge in [-0.25, -0.2) is 0 Å². The molecular formula is C9H11NO2. The first-order chi connectivity index (χ1) is 5.77. The topological polar surface area (TPSA) is 52.3 Å². The molecule has 0 aliphatic rings. The maximum absolute atomic E-state index is 10.5. The quantitative estimate of drug-likeness (QED) is 0.545. The molecule has 0 aliphatic carbocycles. The SMILES string of the molecule is CCOc1cc(N)ccc1C=O. The van der Waals surface area contributed by atoms with Gasteiger partial charge < -0.3 is 10.5 Å². The number of nitrogens with two attached hydrogens (primary N) is 1. The van der Waals surface area contributed by atoms with E-state index in [0.717, 1.165) is 6.29 Å². The molecule has 0 spiro atoms. The number of carbonyl (C=O) groups is 1. The van der Waals surface area contributed by atoms with Crippen molar-refractivity contribution in [2.45, 2.75) is 6.92 Å². The van der Waals surface area contributed by atoms with Gasteiger partial charge in [-0.1, -0.05) is 0 Å². The molecule has 0 bridgehead atoms. The van der Waals surface area contributed by atoms with E-state index in [9.17, 15) is 4.79 Å². The number of ether oxygens (including phenoxy) is 1. The number of carbonyl (C=O) groups excluding carboxylic acids is 1. The van der Waals surface area contributed by atoms with Crippen molar-refractivity contribution in [2.24, 2.45) is 0 Å². The smallest absolute Gasteiger partial charge is 0.153 e. The molecule has 12 heavy (non-hydrogen) atoms. The molecule has 0 unspecified atom stereocenters. The molecular weight excluding hydrogens is 154 g/mol. The van der Waals surface area contributed by atoms with Crippen molar-refractivity contribution in [3.8, 4) is 5.75 Å². The number of anilines is 1. The summed E-state index contributed by atoms with van der Waals surface area (Å²) >= 11 is 0. The predicted octanol–water partition coefficient (Wildman–Crippen LogP) is 1.48. The van der Waals surface area contributed by atoms with Crippen LogP contribution < -0.4 is 10.5 Å². The average molecular weight is 165 g/mol. The van der Waals surface area contributed by atoms with E-state index in [1.54, 1.807) is 18.2 Å². The Labute approximate surface area is 71.1 Å². The summed E-state index contributed by atoms with van der Waals surface area (Å²) in [7, 11) is 0. The van der Waals surface area contributed by atoms with Crippen LogP contribution in [0.15, 0.2) is 18.2 Å². The van der Waals surface area contributed by atoms with Crippen molar-refractivity contribution >= 4 is 12.0 Å². The van der Waals surface area contributed by atoms with Crippen molar-refractivity contribution in [3.63, 3.8) is 0 Å². The van der Waals surface area contributed by atoms with E-state index in [4.69, 9.17) is 10.5 Å².